The summed E-state index contributed by atoms with van der Waals surface area (Å²) >= 11 is 0. The van der Waals surface area contributed by atoms with Crippen LogP contribution in [0.15, 0.2) is 6.07 Å². The molecule has 1 aromatic heterocycles. The van der Waals surface area contributed by atoms with E-state index in [1.165, 1.54) is 0 Å². The van der Waals surface area contributed by atoms with Crippen molar-refractivity contribution in [1.82, 2.24) is 15.1 Å². The van der Waals surface area contributed by atoms with Gasteiger partial charge in [-0.2, -0.15) is 5.10 Å². The van der Waals surface area contributed by atoms with E-state index in [1.54, 1.807) is 11.7 Å². The van der Waals surface area contributed by atoms with E-state index in [0.29, 0.717) is 12.4 Å². The molecule has 6 nitrogen and oxygen atoms in total. The van der Waals surface area contributed by atoms with Crippen molar-refractivity contribution in [1.29, 1.82) is 0 Å². The Morgan fingerprint density at radius 2 is 2.10 bits per heavy atom. The van der Waals surface area contributed by atoms with Crippen molar-refractivity contribution in [2.45, 2.75) is 39.0 Å². The molecule has 0 atom stereocenters. The zero-order valence-corrected chi connectivity index (χ0v) is 12.1. The largest absolute Gasteiger partial charge is 0.355 e. The van der Waals surface area contributed by atoms with Crippen molar-refractivity contribution in [2.75, 3.05) is 11.9 Å². The third kappa shape index (κ3) is 3.82. The SMILES string of the molecule is Cc1cc(NC(=O)CCNC(=O)C2CCCC2)n(C)n1. The molecule has 6 heteroatoms. The van der Waals surface area contributed by atoms with E-state index in [2.05, 4.69) is 15.7 Å². The second kappa shape index (κ2) is 6.54. The van der Waals surface area contributed by atoms with Crippen LogP contribution in [0.25, 0.3) is 0 Å². The Labute approximate surface area is 118 Å². The Morgan fingerprint density at radius 3 is 2.70 bits per heavy atom. The summed E-state index contributed by atoms with van der Waals surface area (Å²) in [6.07, 6.45) is 4.51. The number of carbonyl (C=O) groups excluding carboxylic acids is 2. The maximum absolute atomic E-state index is 11.8. The minimum Gasteiger partial charge on any atom is -0.355 e. The highest BCUT2D eigenvalue weighted by Gasteiger charge is 2.22. The molecule has 0 unspecified atom stereocenters. The molecule has 2 rings (SSSR count). The van der Waals surface area contributed by atoms with E-state index in [0.717, 1.165) is 31.4 Å². The lowest BCUT2D eigenvalue weighted by atomic mass is 10.1. The summed E-state index contributed by atoms with van der Waals surface area (Å²) in [5, 5.41) is 9.78. The van der Waals surface area contributed by atoms with E-state index in [9.17, 15) is 9.59 Å². The highest BCUT2D eigenvalue weighted by atomic mass is 16.2. The van der Waals surface area contributed by atoms with Crippen LogP contribution in [0.2, 0.25) is 0 Å². The van der Waals surface area contributed by atoms with Crippen molar-refractivity contribution in [3.8, 4) is 0 Å². The van der Waals surface area contributed by atoms with Gasteiger partial charge in [0.15, 0.2) is 0 Å². The topological polar surface area (TPSA) is 76.0 Å². The second-order valence-corrected chi connectivity index (χ2v) is 5.37. The molecule has 2 N–H and O–H groups in total. The van der Waals surface area contributed by atoms with Crippen molar-refractivity contribution in [2.24, 2.45) is 13.0 Å². The van der Waals surface area contributed by atoms with Crippen molar-refractivity contribution in [3.05, 3.63) is 11.8 Å². The number of nitrogens with one attached hydrogen (secondary N) is 2. The van der Waals surface area contributed by atoms with Crippen LogP contribution in [0, 0.1) is 12.8 Å². The van der Waals surface area contributed by atoms with Crippen LogP contribution >= 0.6 is 0 Å². The third-order valence-corrected chi connectivity index (χ3v) is 3.65. The number of anilines is 1. The van der Waals surface area contributed by atoms with Crippen LogP contribution < -0.4 is 10.6 Å². The average Bonchev–Trinajstić information content (AvgIpc) is 3.00. The van der Waals surface area contributed by atoms with Gasteiger partial charge in [-0.3, -0.25) is 14.3 Å². The molecular weight excluding hydrogens is 256 g/mol. The fraction of sp³-hybridized carbons (Fsp3) is 0.643. The molecule has 1 fully saturated rings. The lowest BCUT2D eigenvalue weighted by Crippen LogP contribution is -2.32. The number of nitrogens with zero attached hydrogens (tertiary/aromatic N) is 2. The molecule has 1 aliphatic carbocycles. The third-order valence-electron chi connectivity index (χ3n) is 3.65. The fourth-order valence-corrected chi connectivity index (χ4v) is 2.56. The summed E-state index contributed by atoms with van der Waals surface area (Å²) in [4.78, 5) is 23.6. The Balaban J connectivity index is 1.70. The van der Waals surface area contributed by atoms with Crippen molar-refractivity contribution in [3.63, 3.8) is 0 Å². The minimum atomic E-state index is -0.111. The maximum Gasteiger partial charge on any atom is 0.227 e. The van der Waals surface area contributed by atoms with Gasteiger partial charge in [0.2, 0.25) is 11.8 Å². The summed E-state index contributed by atoms with van der Waals surface area (Å²) in [6, 6.07) is 1.81. The van der Waals surface area contributed by atoms with Crippen LogP contribution in [-0.2, 0) is 16.6 Å². The molecule has 110 valence electrons. The zero-order valence-electron chi connectivity index (χ0n) is 12.1. The molecule has 0 spiro atoms. The Kier molecular flexibility index (Phi) is 4.76. The number of hydrogen-bond donors (Lipinski definition) is 2. The molecule has 0 radical (unpaired) electrons. The Morgan fingerprint density at radius 1 is 1.40 bits per heavy atom. The van der Waals surface area contributed by atoms with E-state index in [1.807, 2.05) is 13.0 Å². The van der Waals surface area contributed by atoms with Crippen LogP contribution in [0.5, 0.6) is 0 Å². The molecule has 2 amide bonds. The summed E-state index contributed by atoms with van der Waals surface area (Å²) in [7, 11) is 1.78. The number of aromatic nitrogens is 2. The van der Waals surface area contributed by atoms with E-state index in [4.69, 9.17) is 0 Å². The first-order valence-electron chi connectivity index (χ1n) is 7.14. The van der Waals surface area contributed by atoms with Gasteiger partial charge in [0, 0.05) is 32.0 Å². The summed E-state index contributed by atoms with van der Waals surface area (Å²) < 4.78 is 1.63. The highest BCUT2D eigenvalue weighted by Crippen LogP contribution is 2.24. The van der Waals surface area contributed by atoms with Crippen LogP contribution in [0.3, 0.4) is 0 Å². The highest BCUT2D eigenvalue weighted by molar-refractivity contribution is 5.90. The number of aryl methyl sites for hydroxylation is 2. The molecule has 20 heavy (non-hydrogen) atoms. The van der Waals surface area contributed by atoms with Crippen LogP contribution in [-0.4, -0.2) is 28.1 Å². The smallest absolute Gasteiger partial charge is 0.227 e. The van der Waals surface area contributed by atoms with Gasteiger partial charge in [0.25, 0.3) is 0 Å². The van der Waals surface area contributed by atoms with Crippen LogP contribution in [0.1, 0.15) is 37.8 Å². The van der Waals surface area contributed by atoms with Gasteiger partial charge in [0.1, 0.15) is 5.82 Å². The zero-order chi connectivity index (χ0) is 14.5. The van der Waals surface area contributed by atoms with Gasteiger partial charge in [-0.15, -0.1) is 0 Å². The monoisotopic (exact) mass is 278 g/mol. The van der Waals surface area contributed by atoms with Crippen molar-refractivity contribution < 1.29 is 9.59 Å². The normalized spacial score (nSPS) is 15.3. The first-order valence-corrected chi connectivity index (χ1v) is 7.14. The molecule has 0 aliphatic heterocycles. The minimum absolute atomic E-state index is 0.0895. The molecule has 1 aliphatic rings. The Bertz CT molecular complexity index is 489. The standard InChI is InChI=1S/C14H22N4O2/c1-10-9-12(18(2)17-10)16-13(19)7-8-15-14(20)11-5-3-4-6-11/h9,11H,3-8H2,1-2H3,(H,15,20)(H,16,19). The molecule has 0 saturated heterocycles. The van der Waals surface area contributed by atoms with Gasteiger partial charge in [-0.05, 0) is 19.8 Å². The molecule has 1 heterocycles. The molecular formula is C14H22N4O2. The van der Waals surface area contributed by atoms with Gasteiger partial charge >= 0.3 is 0 Å². The van der Waals surface area contributed by atoms with Gasteiger partial charge in [-0.1, -0.05) is 12.8 Å². The maximum atomic E-state index is 11.8. The predicted molar refractivity (Wildman–Crippen MR) is 76.2 cm³/mol. The number of amides is 2. The van der Waals surface area contributed by atoms with Crippen LogP contribution in [0.4, 0.5) is 5.82 Å². The number of carbonyl (C=O) groups is 2. The Hall–Kier alpha value is -1.85. The predicted octanol–water partition coefficient (Wildman–Crippen LogP) is 1.36. The van der Waals surface area contributed by atoms with Gasteiger partial charge in [0.05, 0.1) is 5.69 Å². The molecule has 0 aromatic carbocycles. The number of rotatable bonds is 5. The molecule has 1 aromatic rings. The van der Waals surface area contributed by atoms with E-state index >= 15 is 0 Å². The summed E-state index contributed by atoms with van der Waals surface area (Å²) in [6.45, 7) is 2.26. The number of hydrogen-bond acceptors (Lipinski definition) is 3. The van der Waals surface area contributed by atoms with Gasteiger partial charge < -0.3 is 10.6 Å². The second-order valence-electron chi connectivity index (χ2n) is 5.37. The van der Waals surface area contributed by atoms with Crippen molar-refractivity contribution >= 4 is 17.6 Å². The first-order chi connectivity index (χ1) is 9.56. The van der Waals surface area contributed by atoms with E-state index < -0.39 is 0 Å². The van der Waals surface area contributed by atoms with Gasteiger partial charge in [-0.25, -0.2) is 0 Å². The summed E-state index contributed by atoms with van der Waals surface area (Å²) in [5.41, 5.74) is 0.859. The average molecular weight is 278 g/mol. The lowest BCUT2D eigenvalue weighted by Gasteiger charge is -2.10. The quantitative estimate of drug-likeness (QED) is 0.854. The molecule has 1 saturated carbocycles. The first kappa shape index (κ1) is 14.6. The lowest BCUT2D eigenvalue weighted by molar-refractivity contribution is -0.124. The van der Waals surface area contributed by atoms with E-state index in [-0.39, 0.29) is 24.2 Å². The fourth-order valence-electron chi connectivity index (χ4n) is 2.56. The summed E-state index contributed by atoms with van der Waals surface area (Å²) in [5.74, 6) is 0.804. The molecule has 0 bridgehead atoms.